The maximum Gasteiger partial charge on any atom is 0.269 e. The SMILES string of the molecule is CCn1c(COc2ccc([N+](=O)[O-])cc2)nc2cc(S(=O)(=O)N3CCOCC3)ccc21. The van der Waals surface area contributed by atoms with Crippen LogP contribution in [0.1, 0.15) is 12.7 Å². The molecule has 3 aromatic rings. The molecular weight excluding hydrogens is 424 g/mol. The van der Waals surface area contributed by atoms with E-state index in [1.165, 1.54) is 28.6 Å². The van der Waals surface area contributed by atoms with Crippen LogP contribution in [0.3, 0.4) is 0 Å². The summed E-state index contributed by atoms with van der Waals surface area (Å²) in [6.07, 6.45) is 0. The zero-order valence-corrected chi connectivity index (χ0v) is 17.7. The van der Waals surface area contributed by atoms with Crippen molar-refractivity contribution in [2.24, 2.45) is 0 Å². The summed E-state index contributed by atoms with van der Waals surface area (Å²) in [5, 5.41) is 10.8. The minimum absolute atomic E-state index is 0.0119. The van der Waals surface area contributed by atoms with Crippen molar-refractivity contribution < 1.29 is 22.8 Å². The van der Waals surface area contributed by atoms with Gasteiger partial charge in [-0.3, -0.25) is 10.1 Å². The highest BCUT2D eigenvalue weighted by molar-refractivity contribution is 7.89. The average Bonchev–Trinajstić information content (AvgIpc) is 3.15. The molecule has 1 fully saturated rings. The van der Waals surface area contributed by atoms with Crippen molar-refractivity contribution in [3.8, 4) is 5.75 Å². The van der Waals surface area contributed by atoms with Gasteiger partial charge in [-0.1, -0.05) is 0 Å². The maximum atomic E-state index is 12.9. The van der Waals surface area contributed by atoms with Gasteiger partial charge in [0.15, 0.2) is 0 Å². The fraction of sp³-hybridized carbons (Fsp3) is 0.350. The van der Waals surface area contributed by atoms with Crippen LogP contribution >= 0.6 is 0 Å². The summed E-state index contributed by atoms with van der Waals surface area (Å²) in [4.78, 5) is 15.1. The fourth-order valence-electron chi connectivity index (χ4n) is 3.53. The Balaban J connectivity index is 1.59. The molecule has 2 heterocycles. The van der Waals surface area contributed by atoms with Crippen molar-refractivity contribution in [1.82, 2.24) is 13.9 Å². The van der Waals surface area contributed by atoms with Gasteiger partial charge in [0.1, 0.15) is 18.2 Å². The average molecular weight is 446 g/mol. The number of sulfonamides is 1. The molecular formula is C20H22N4O6S. The zero-order chi connectivity index (χ0) is 22.0. The third-order valence-corrected chi connectivity index (χ3v) is 7.03. The lowest BCUT2D eigenvalue weighted by Gasteiger charge is -2.26. The molecule has 4 rings (SSSR count). The van der Waals surface area contributed by atoms with Gasteiger partial charge < -0.3 is 14.0 Å². The normalized spacial score (nSPS) is 15.3. The summed E-state index contributed by atoms with van der Waals surface area (Å²) < 4.78 is 40.2. The first-order chi connectivity index (χ1) is 14.9. The summed E-state index contributed by atoms with van der Waals surface area (Å²) >= 11 is 0. The number of hydrogen-bond acceptors (Lipinski definition) is 7. The number of non-ortho nitro benzene ring substituents is 1. The number of nitro groups is 1. The van der Waals surface area contributed by atoms with Crippen LogP contribution in [0.5, 0.6) is 5.75 Å². The van der Waals surface area contributed by atoms with E-state index < -0.39 is 14.9 Å². The summed E-state index contributed by atoms with van der Waals surface area (Å²) in [7, 11) is -3.61. The van der Waals surface area contributed by atoms with Crippen molar-refractivity contribution in [3.05, 3.63) is 58.4 Å². The molecule has 10 nitrogen and oxygen atoms in total. The van der Waals surface area contributed by atoms with E-state index in [0.29, 0.717) is 49.9 Å². The molecule has 0 atom stereocenters. The molecule has 0 spiro atoms. The van der Waals surface area contributed by atoms with Crippen molar-refractivity contribution in [2.75, 3.05) is 26.3 Å². The number of morpholine rings is 1. The molecule has 1 saturated heterocycles. The van der Waals surface area contributed by atoms with E-state index in [-0.39, 0.29) is 17.2 Å². The molecule has 0 bridgehead atoms. The molecule has 11 heteroatoms. The number of fused-ring (bicyclic) bond motifs is 1. The molecule has 0 aliphatic carbocycles. The summed E-state index contributed by atoms with van der Waals surface area (Å²) in [5.41, 5.74) is 1.37. The van der Waals surface area contributed by atoms with Gasteiger partial charge in [0.05, 0.1) is 34.1 Å². The Kier molecular flexibility index (Phi) is 5.90. The number of ether oxygens (including phenoxy) is 2. The third-order valence-electron chi connectivity index (χ3n) is 5.14. The van der Waals surface area contributed by atoms with Crippen LogP contribution in [-0.2, 0) is 27.9 Å². The molecule has 164 valence electrons. The Hall–Kier alpha value is -3.02. The molecule has 0 N–H and O–H groups in total. The van der Waals surface area contributed by atoms with Crippen LogP contribution in [0.25, 0.3) is 11.0 Å². The van der Waals surface area contributed by atoms with Gasteiger partial charge in [-0.25, -0.2) is 13.4 Å². The van der Waals surface area contributed by atoms with Crippen LogP contribution in [0, 0.1) is 10.1 Å². The van der Waals surface area contributed by atoms with Gasteiger partial charge in [0.2, 0.25) is 10.0 Å². The van der Waals surface area contributed by atoms with Crippen LogP contribution in [0.2, 0.25) is 0 Å². The van der Waals surface area contributed by atoms with Crippen LogP contribution in [0.4, 0.5) is 5.69 Å². The minimum Gasteiger partial charge on any atom is -0.486 e. The highest BCUT2D eigenvalue weighted by Crippen LogP contribution is 2.25. The van der Waals surface area contributed by atoms with Gasteiger partial charge in [-0.2, -0.15) is 4.31 Å². The molecule has 0 radical (unpaired) electrons. The van der Waals surface area contributed by atoms with E-state index in [2.05, 4.69) is 4.98 Å². The monoisotopic (exact) mass is 446 g/mol. The predicted molar refractivity (Wildman–Crippen MR) is 112 cm³/mol. The van der Waals surface area contributed by atoms with E-state index in [1.54, 1.807) is 18.2 Å². The zero-order valence-electron chi connectivity index (χ0n) is 16.9. The highest BCUT2D eigenvalue weighted by atomic mass is 32.2. The fourth-order valence-corrected chi connectivity index (χ4v) is 4.96. The Labute approximate surface area is 179 Å². The number of aryl methyl sites for hydroxylation is 1. The predicted octanol–water partition coefficient (Wildman–Crippen LogP) is 2.56. The number of imidazole rings is 1. The lowest BCUT2D eigenvalue weighted by molar-refractivity contribution is -0.384. The Morgan fingerprint density at radius 2 is 1.87 bits per heavy atom. The second-order valence-electron chi connectivity index (χ2n) is 6.98. The van der Waals surface area contributed by atoms with E-state index in [1.807, 2.05) is 11.5 Å². The highest BCUT2D eigenvalue weighted by Gasteiger charge is 2.27. The number of nitrogens with zero attached hydrogens (tertiary/aromatic N) is 4. The largest absolute Gasteiger partial charge is 0.486 e. The maximum absolute atomic E-state index is 12.9. The Bertz CT molecular complexity index is 1200. The first kappa shape index (κ1) is 21.2. The van der Waals surface area contributed by atoms with Crippen molar-refractivity contribution >= 4 is 26.7 Å². The van der Waals surface area contributed by atoms with E-state index >= 15 is 0 Å². The van der Waals surface area contributed by atoms with Crippen molar-refractivity contribution in [2.45, 2.75) is 25.0 Å². The molecule has 0 saturated carbocycles. The van der Waals surface area contributed by atoms with Crippen molar-refractivity contribution in [1.29, 1.82) is 0 Å². The van der Waals surface area contributed by atoms with E-state index in [0.717, 1.165) is 5.52 Å². The Morgan fingerprint density at radius 3 is 2.52 bits per heavy atom. The molecule has 0 amide bonds. The number of benzene rings is 2. The second kappa shape index (κ2) is 8.61. The van der Waals surface area contributed by atoms with Gasteiger partial charge in [0, 0.05) is 31.8 Å². The molecule has 2 aromatic carbocycles. The number of rotatable bonds is 7. The third kappa shape index (κ3) is 4.24. The van der Waals surface area contributed by atoms with Crippen LogP contribution in [-0.4, -0.2) is 53.5 Å². The minimum atomic E-state index is -3.61. The van der Waals surface area contributed by atoms with Crippen LogP contribution in [0.15, 0.2) is 47.4 Å². The van der Waals surface area contributed by atoms with Crippen LogP contribution < -0.4 is 4.74 Å². The van der Waals surface area contributed by atoms with Gasteiger partial charge in [-0.05, 0) is 37.3 Å². The molecule has 0 unspecified atom stereocenters. The smallest absolute Gasteiger partial charge is 0.269 e. The molecule has 1 aliphatic heterocycles. The summed E-state index contributed by atoms with van der Waals surface area (Å²) in [6, 6.07) is 10.8. The molecule has 31 heavy (non-hydrogen) atoms. The van der Waals surface area contributed by atoms with E-state index in [4.69, 9.17) is 9.47 Å². The molecule has 1 aliphatic rings. The first-order valence-corrected chi connectivity index (χ1v) is 11.3. The molecule has 1 aromatic heterocycles. The number of hydrogen-bond donors (Lipinski definition) is 0. The lowest BCUT2D eigenvalue weighted by atomic mass is 10.3. The lowest BCUT2D eigenvalue weighted by Crippen LogP contribution is -2.40. The quantitative estimate of drug-likeness (QED) is 0.404. The topological polar surface area (TPSA) is 117 Å². The second-order valence-corrected chi connectivity index (χ2v) is 8.92. The number of nitro benzene ring substituents is 1. The summed E-state index contributed by atoms with van der Waals surface area (Å²) in [5.74, 6) is 1.12. The van der Waals surface area contributed by atoms with E-state index in [9.17, 15) is 18.5 Å². The van der Waals surface area contributed by atoms with Crippen molar-refractivity contribution in [3.63, 3.8) is 0 Å². The van der Waals surface area contributed by atoms with Gasteiger partial charge in [0.25, 0.3) is 5.69 Å². The standard InChI is InChI=1S/C20H22N4O6S/c1-2-23-19-8-7-17(31(27,28)22-9-11-29-12-10-22)13-18(19)21-20(23)14-30-16-5-3-15(4-6-16)24(25)26/h3-8,13H,2,9-12,14H2,1H3. The summed E-state index contributed by atoms with van der Waals surface area (Å²) in [6.45, 7) is 4.17. The van der Waals surface area contributed by atoms with Gasteiger partial charge >= 0.3 is 0 Å². The van der Waals surface area contributed by atoms with Gasteiger partial charge in [-0.15, -0.1) is 0 Å². The first-order valence-electron chi connectivity index (χ1n) is 9.84. The number of aromatic nitrogens is 2. The Morgan fingerprint density at radius 1 is 1.16 bits per heavy atom.